The Bertz CT molecular complexity index is 1150. The Morgan fingerprint density at radius 1 is 1.03 bits per heavy atom. The van der Waals surface area contributed by atoms with Crippen molar-refractivity contribution < 1.29 is 4.79 Å². The van der Waals surface area contributed by atoms with Crippen molar-refractivity contribution in [1.82, 2.24) is 25.1 Å². The molecule has 2 heterocycles. The number of benzene rings is 2. The minimum atomic E-state index is -0.0828. The van der Waals surface area contributed by atoms with Crippen LogP contribution in [0.2, 0.25) is 0 Å². The quantitative estimate of drug-likeness (QED) is 0.364. The zero-order chi connectivity index (χ0) is 21.6. The van der Waals surface area contributed by atoms with Crippen LogP contribution in [0.5, 0.6) is 0 Å². The first-order valence-corrected chi connectivity index (χ1v) is 11.5. The minimum absolute atomic E-state index is 0.0616. The molecule has 4 aromatic rings. The van der Waals surface area contributed by atoms with E-state index in [1.165, 1.54) is 11.8 Å². The molecule has 1 atom stereocenters. The van der Waals surface area contributed by atoms with Gasteiger partial charge in [0.1, 0.15) is 0 Å². The number of nitrogens with zero attached hydrogens (tertiary/aromatic N) is 4. The Morgan fingerprint density at radius 2 is 1.74 bits per heavy atom. The number of pyridine rings is 1. The minimum Gasteiger partial charge on any atom is -0.349 e. The summed E-state index contributed by atoms with van der Waals surface area (Å²) in [5.74, 6) is 0.885. The molecule has 156 valence electrons. The van der Waals surface area contributed by atoms with E-state index in [0.29, 0.717) is 11.0 Å². The lowest BCUT2D eigenvalue weighted by atomic mass is 10.1. The molecule has 31 heavy (non-hydrogen) atoms. The second kappa shape index (κ2) is 9.89. The number of hydrogen-bond acceptors (Lipinski definition) is 5. The van der Waals surface area contributed by atoms with Gasteiger partial charge in [-0.3, -0.25) is 14.3 Å². The molecule has 4 rings (SSSR count). The van der Waals surface area contributed by atoms with Crippen molar-refractivity contribution in [3.8, 4) is 17.1 Å². The molecule has 0 aliphatic heterocycles. The zero-order valence-electron chi connectivity index (χ0n) is 16.8. The molecule has 2 aromatic carbocycles. The van der Waals surface area contributed by atoms with E-state index in [1.807, 2.05) is 78.2 Å². The van der Waals surface area contributed by atoms with Crippen LogP contribution in [-0.2, 0) is 4.79 Å². The fraction of sp³-hybridized carbons (Fsp3) is 0.130. The second-order valence-electron chi connectivity index (χ2n) is 6.84. The average molecular weight is 494 g/mol. The number of hydrogen-bond donors (Lipinski definition) is 1. The molecule has 0 bridgehead atoms. The highest BCUT2D eigenvalue weighted by molar-refractivity contribution is 9.10. The maximum absolute atomic E-state index is 12.6. The van der Waals surface area contributed by atoms with Gasteiger partial charge in [-0.15, -0.1) is 10.2 Å². The summed E-state index contributed by atoms with van der Waals surface area (Å²) < 4.78 is 2.97. The monoisotopic (exact) mass is 493 g/mol. The van der Waals surface area contributed by atoms with E-state index in [9.17, 15) is 4.79 Å². The number of amides is 1. The first kappa shape index (κ1) is 21.3. The largest absolute Gasteiger partial charge is 0.349 e. The predicted octanol–water partition coefficient (Wildman–Crippen LogP) is 5.06. The first-order chi connectivity index (χ1) is 15.1. The summed E-state index contributed by atoms with van der Waals surface area (Å²) in [5, 5.41) is 12.4. The molecule has 0 radical (unpaired) electrons. The molecule has 1 amide bonds. The number of carbonyl (C=O) groups excluding carboxylic acids is 1. The molecule has 0 aliphatic carbocycles. The molecule has 0 spiro atoms. The van der Waals surface area contributed by atoms with E-state index < -0.39 is 0 Å². The van der Waals surface area contributed by atoms with Crippen molar-refractivity contribution in [1.29, 1.82) is 0 Å². The van der Waals surface area contributed by atoms with Crippen LogP contribution in [-0.4, -0.2) is 31.4 Å². The number of rotatable bonds is 7. The van der Waals surface area contributed by atoms with Gasteiger partial charge in [-0.1, -0.05) is 58.0 Å². The smallest absolute Gasteiger partial charge is 0.230 e. The van der Waals surface area contributed by atoms with Crippen LogP contribution in [0, 0.1) is 0 Å². The van der Waals surface area contributed by atoms with Gasteiger partial charge in [-0.2, -0.15) is 0 Å². The lowest BCUT2D eigenvalue weighted by Crippen LogP contribution is -2.28. The standard InChI is InChI=1S/C23H20BrN5OS/c1-16(17-7-9-19(24)10-8-17)26-21(30)15-31-23-28-27-22(18-11-13-25-14-12-18)29(23)20-5-3-2-4-6-20/h2-14,16H,15H2,1H3,(H,26,30). The Balaban J connectivity index is 1.51. The Kier molecular flexibility index (Phi) is 6.79. The van der Waals surface area contributed by atoms with Gasteiger partial charge >= 0.3 is 0 Å². The van der Waals surface area contributed by atoms with Crippen LogP contribution in [0.4, 0.5) is 0 Å². The van der Waals surface area contributed by atoms with E-state index in [0.717, 1.165) is 21.3 Å². The van der Waals surface area contributed by atoms with Crippen molar-refractivity contribution in [2.24, 2.45) is 0 Å². The Labute approximate surface area is 193 Å². The highest BCUT2D eigenvalue weighted by Crippen LogP contribution is 2.27. The number of thioether (sulfide) groups is 1. The van der Waals surface area contributed by atoms with Crippen molar-refractivity contribution in [2.45, 2.75) is 18.1 Å². The maximum Gasteiger partial charge on any atom is 0.230 e. The molecule has 0 fully saturated rings. The van der Waals surface area contributed by atoms with Gasteiger partial charge in [0.15, 0.2) is 11.0 Å². The van der Waals surface area contributed by atoms with Crippen molar-refractivity contribution >= 4 is 33.6 Å². The summed E-state index contributed by atoms with van der Waals surface area (Å²) in [7, 11) is 0. The third-order valence-electron chi connectivity index (χ3n) is 4.67. The first-order valence-electron chi connectivity index (χ1n) is 9.70. The van der Waals surface area contributed by atoms with Crippen molar-refractivity contribution in [3.05, 3.63) is 89.2 Å². The fourth-order valence-electron chi connectivity index (χ4n) is 3.11. The maximum atomic E-state index is 12.6. The van der Waals surface area contributed by atoms with Crippen LogP contribution < -0.4 is 5.32 Å². The topological polar surface area (TPSA) is 72.7 Å². The predicted molar refractivity (Wildman–Crippen MR) is 126 cm³/mol. The number of aromatic nitrogens is 4. The van der Waals surface area contributed by atoms with Gasteiger partial charge in [0.2, 0.25) is 5.91 Å². The van der Waals surface area contributed by atoms with Gasteiger partial charge in [-0.05, 0) is 48.9 Å². The highest BCUT2D eigenvalue weighted by atomic mass is 79.9. The van der Waals surface area contributed by atoms with E-state index in [2.05, 4.69) is 36.4 Å². The van der Waals surface area contributed by atoms with Crippen LogP contribution >= 0.6 is 27.7 Å². The van der Waals surface area contributed by atoms with Gasteiger partial charge in [-0.25, -0.2) is 0 Å². The van der Waals surface area contributed by atoms with E-state index in [4.69, 9.17) is 0 Å². The summed E-state index contributed by atoms with van der Waals surface area (Å²) in [6, 6.07) is 21.5. The number of nitrogens with one attached hydrogen (secondary N) is 1. The van der Waals surface area contributed by atoms with E-state index in [-0.39, 0.29) is 17.7 Å². The summed E-state index contributed by atoms with van der Waals surface area (Å²) in [6.45, 7) is 1.97. The lowest BCUT2D eigenvalue weighted by Gasteiger charge is -2.14. The van der Waals surface area contributed by atoms with Crippen LogP contribution in [0.25, 0.3) is 17.1 Å². The lowest BCUT2D eigenvalue weighted by molar-refractivity contribution is -0.119. The molecular weight excluding hydrogens is 474 g/mol. The van der Waals surface area contributed by atoms with Gasteiger partial charge < -0.3 is 5.32 Å². The van der Waals surface area contributed by atoms with Crippen molar-refractivity contribution in [2.75, 3.05) is 5.75 Å². The molecule has 8 heteroatoms. The summed E-state index contributed by atoms with van der Waals surface area (Å²) in [5.41, 5.74) is 2.89. The van der Waals surface area contributed by atoms with Crippen LogP contribution in [0.15, 0.2) is 88.8 Å². The third-order valence-corrected chi connectivity index (χ3v) is 6.12. The molecule has 0 saturated carbocycles. The second-order valence-corrected chi connectivity index (χ2v) is 8.70. The summed E-state index contributed by atoms with van der Waals surface area (Å²) in [4.78, 5) is 16.7. The summed E-state index contributed by atoms with van der Waals surface area (Å²) >= 11 is 4.79. The van der Waals surface area contributed by atoms with Gasteiger partial charge in [0, 0.05) is 28.1 Å². The normalized spacial score (nSPS) is 11.8. The number of halogens is 1. The van der Waals surface area contributed by atoms with Gasteiger partial charge in [0.25, 0.3) is 0 Å². The Morgan fingerprint density at radius 3 is 2.45 bits per heavy atom. The molecule has 6 nitrogen and oxygen atoms in total. The van der Waals surface area contributed by atoms with Crippen LogP contribution in [0.1, 0.15) is 18.5 Å². The van der Waals surface area contributed by atoms with E-state index >= 15 is 0 Å². The average Bonchev–Trinajstić information content (AvgIpc) is 3.23. The molecule has 0 saturated heterocycles. The SMILES string of the molecule is CC(NC(=O)CSc1nnc(-c2ccncc2)n1-c1ccccc1)c1ccc(Br)cc1. The Hall–Kier alpha value is -2.97. The molecular formula is C23H20BrN5OS. The zero-order valence-corrected chi connectivity index (χ0v) is 19.2. The van der Waals surface area contributed by atoms with Crippen molar-refractivity contribution in [3.63, 3.8) is 0 Å². The molecule has 0 aliphatic rings. The van der Waals surface area contributed by atoms with Gasteiger partial charge in [0.05, 0.1) is 11.8 Å². The number of para-hydroxylation sites is 1. The number of carbonyl (C=O) groups is 1. The fourth-order valence-corrected chi connectivity index (χ4v) is 4.14. The van der Waals surface area contributed by atoms with E-state index in [1.54, 1.807) is 12.4 Å². The molecule has 2 aromatic heterocycles. The molecule has 1 N–H and O–H groups in total. The third kappa shape index (κ3) is 5.21. The van der Waals surface area contributed by atoms with Crippen LogP contribution in [0.3, 0.4) is 0 Å². The summed E-state index contributed by atoms with van der Waals surface area (Å²) in [6.07, 6.45) is 3.45. The molecule has 1 unspecified atom stereocenters. The highest BCUT2D eigenvalue weighted by Gasteiger charge is 2.18.